The highest BCUT2D eigenvalue weighted by Gasteiger charge is 2.32. The summed E-state index contributed by atoms with van der Waals surface area (Å²) in [6, 6.07) is 8.51. The van der Waals surface area contributed by atoms with Crippen LogP contribution in [0.4, 0.5) is 0 Å². The molecule has 0 saturated heterocycles. The molecule has 0 spiro atoms. The fraction of sp³-hybridized carbons (Fsp3) is 0.350. The number of nitrogens with one attached hydrogen (secondary N) is 1. The second-order valence-electron chi connectivity index (χ2n) is 7.08. The maximum absolute atomic E-state index is 11.6. The van der Waals surface area contributed by atoms with Gasteiger partial charge in [0.05, 0.1) is 11.1 Å². The Labute approximate surface area is 156 Å². The molecule has 3 aromatic rings. The summed E-state index contributed by atoms with van der Waals surface area (Å²) in [7, 11) is 0. The van der Waals surface area contributed by atoms with Gasteiger partial charge in [-0.15, -0.1) is 22.9 Å². The average Bonchev–Trinajstić information content (AvgIpc) is 3.06. The van der Waals surface area contributed by atoms with Gasteiger partial charge in [-0.05, 0) is 63.4 Å². The van der Waals surface area contributed by atoms with Crippen LogP contribution in [0.15, 0.2) is 24.3 Å². The van der Waals surface area contributed by atoms with E-state index >= 15 is 0 Å². The van der Waals surface area contributed by atoms with Crippen LogP contribution in [-0.4, -0.2) is 21.9 Å². The van der Waals surface area contributed by atoms with Crippen molar-refractivity contribution in [3.05, 3.63) is 45.8 Å². The standard InChI is InChI=1S/C20H22ClNO2S/c1-11-7-12(2)9-13(8-11)17-14(5-6-21)15-10-16(25-18(15)22-17)20(3,4)19(23)24/h7-10,22H,5-6H2,1-4H3,(H,23,24). The normalized spacial score (nSPS) is 12.0. The number of aryl methyl sites for hydroxylation is 3. The number of hydrogen-bond donors (Lipinski definition) is 2. The van der Waals surface area contributed by atoms with Crippen LogP contribution >= 0.6 is 22.9 Å². The van der Waals surface area contributed by atoms with Gasteiger partial charge in [-0.1, -0.05) is 17.2 Å². The van der Waals surface area contributed by atoms with Crippen molar-refractivity contribution >= 4 is 39.1 Å². The number of aliphatic carboxylic acids is 1. The zero-order chi connectivity index (χ0) is 18.4. The third-order valence-corrected chi connectivity index (χ3v) is 6.17. The molecule has 0 radical (unpaired) electrons. The first-order chi connectivity index (χ1) is 11.7. The average molecular weight is 376 g/mol. The van der Waals surface area contributed by atoms with E-state index in [1.807, 2.05) is 6.07 Å². The molecule has 0 saturated carbocycles. The summed E-state index contributed by atoms with van der Waals surface area (Å²) in [5, 5.41) is 10.6. The van der Waals surface area contributed by atoms with E-state index in [-0.39, 0.29) is 0 Å². The minimum atomic E-state index is -0.900. The van der Waals surface area contributed by atoms with Crippen molar-refractivity contribution in [3.63, 3.8) is 0 Å². The SMILES string of the molecule is Cc1cc(C)cc(-c2[nH]c3sc(C(C)(C)C(=O)O)cc3c2CCCl)c1. The van der Waals surface area contributed by atoms with Crippen LogP contribution in [0, 0.1) is 13.8 Å². The molecule has 0 bridgehead atoms. The Hall–Kier alpha value is -1.78. The molecule has 2 aromatic heterocycles. The number of alkyl halides is 1. The van der Waals surface area contributed by atoms with Gasteiger partial charge in [-0.25, -0.2) is 0 Å². The molecule has 0 fully saturated rings. The number of thiophene rings is 1. The lowest BCUT2D eigenvalue weighted by Crippen LogP contribution is -2.27. The number of carboxylic acids is 1. The topological polar surface area (TPSA) is 53.1 Å². The van der Waals surface area contributed by atoms with E-state index < -0.39 is 11.4 Å². The van der Waals surface area contributed by atoms with Crippen molar-refractivity contribution in [3.8, 4) is 11.3 Å². The number of carboxylic acid groups (broad SMARTS) is 1. The van der Waals surface area contributed by atoms with Gasteiger partial charge in [0.1, 0.15) is 4.83 Å². The van der Waals surface area contributed by atoms with Crippen LogP contribution in [0.5, 0.6) is 0 Å². The van der Waals surface area contributed by atoms with Crippen molar-refractivity contribution in [1.82, 2.24) is 4.98 Å². The lowest BCUT2D eigenvalue weighted by Gasteiger charge is -2.16. The Bertz CT molecular complexity index is 932. The molecule has 0 unspecified atom stereocenters. The Morgan fingerprint density at radius 1 is 1.20 bits per heavy atom. The Kier molecular flexibility index (Phi) is 4.69. The number of hydrogen-bond acceptors (Lipinski definition) is 2. The van der Waals surface area contributed by atoms with Crippen molar-refractivity contribution in [2.24, 2.45) is 0 Å². The van der Waals surface area contributed by atoms with Crippen molar-refractivity contribution in [2.75, 3.05) is 5.88 Å². The van der Waals surface area contributed by atoms with E-state index in [9.17, 15) is 9.90 Å². The van der Waals surface area contributed by atoms with E-state index in [0.29, 0.717) is 5.88 Å². The van der Waals surface area contributed by atoms with Crippen molar-refractivity contribution < 1.29 is 9.90 Å². The molecule has 3 rings (SSSR count). The number of benzene rings is 1. The highest BCUT2D eigenvalue weighted by molar-refractivity contribution is 7.19. The quantitative estimate of drug-likeness (QED) is 0.565. The van der Waals surface area contributed by atoms with Gasteiger partial charge in [0.25, 0.3) is 0 Å². The largest absolute Gasteiger partial charge is 0.481 e. The molecule has 2 N–H and O–H groups in total. The summed E-state index contributed by atoms with van der Waals surface area (Å²) in [4.78, 5) is 17.0. The fourth-order valence-electron chi connectivity index (χ4n) is 3.16. The smallest absolute Gasteiger partial charge is 0.314 e. The zero-order valence-electron chi connectivity index (χ0n) is 14.9. The van der Waals surface area contributed by atoms with Crippen LogP contribution in [0.2, 0.25) is 0 Å². The molecular weight excluding hydrogens is 354 g/mol. The molecule has 1 aromatic carbocycles. The molecule has 0 amide bonds. The van der Waals surface area contributed by atoms with Gasteiger partial charge < -0.3 is 10.1 Å². The van der Waals surface area contributed by atoms with Gasteiger partial charge in [-0.3, -0.25) is 4.79 Å². The molecule has 25 heavy (non-hydrogen) atoms. The number of rotatable bonds is 5. The number of aromatic nitrogens is 1. The van der Waals surface area contributed by atoms with Gasteiger partial charge in [0.2, 0.25) is 0 Å². The van der Waals surface area contributed by atoms with Gasteiger partial charge >= 0.3 is 5.97 Å². The fourth-order valence-corrected chi connectivity index (χ4v) is 4.54. The van der Waals surface area contributed by atoms with E-state index in [1.165, 1.54) is 28.0 Å². The first-order valence-electron chi connectivity index (χ1n) is 8.27. The molecule has 0 atom stereocenters. The lowest BCUT2D eigenvalue weighted by atomic mass is 9.91. The summed E-state index contributed by atoms with van der Waals surface area (Å²) in [5.41, 5.74) is 4.95. The summed E-state index contributed by atoms with van der Waals surface area (Å²) in [6.45, 7) is 7.67. The lowest BCUT2D eigenvalue weighted by molar-refractivity contribution is -0.142. The van der Waals surface area contributed by atoms with Gasteiger partial charge in [-0.2, -0.15) is 0 Å². The highest BCUT2D eigenvalue weighted by Crippen LogP contribution is 2.40. The monoisotopic (exact) mass is 375 g/mol. The first-order valence-corrected chi connectivity index (χ1v) is 9.62. The number of H-pyrrole nitrogens is 1. The molecule has 0 aliphatic carbocycles. The third-order valence-electron chi connectivity index (χ3n) is 4.60. The molecule has 0 aliphatic rings. The summed E-state index contributed by atoms with van der Waals surface area (Å²) >= 11 is 7.57. The van der Waals surface area contributed by atoms with E-state index in [0.717, 1.165) is 32.8 Å². The van der Waals surface area contributed by atoms with Crippen LogP contribution in [0.3, 0.4) is 0 Å². The van der Waals surface area contributed by atoms with Gasteiger partial charge in [0, 0.05) is 16.1 Å². The van der Waals surface area contributed by atoms with E-state index in [4.69, 9.17) is 11.6 Å². The van der Waals surface area contributed by atoms with Crippen LogP contribution in [-0.2, 0) is 16.6 Å². The van der Waals surface area contributed by atoms with Crippen molar-refractivity contribution in [1.29, 1.82) is 0 Å². The summed E-state index contributed by atoms with van der Waals surface area (Å²) < 4.78 is 0. The maximum atomic E-state index is 11.6. The predicted octanol–water partition coefficient (Wildman–Crippen LogP) is 5.66. The van der Waals surface area contributed by atoms with Gasteiger partial charge in [0.15, 0.2) is 0 Å². The molecule has 3 nitrogen and oxygen atoms in total. The molecule has 0 aliphatic heterocycles. The minimum Gasteiger partial charge on any atom is -0.481 e. The predicted molar refractivity (Wildman–Crippen MR) is 106 cm³/mol. The van der Waals surface area contributed by atoms with Crippen LogP contribution in [0.1, 0.15) is 35.4 Å². The number of halogens is 1. The van der Waals surface area contributed by atoms with Crippen LogP contribution in [0.25, 0.3) is 21.5 Å². The Balaban J connectivity index is 2.19. The third kappa shape index (κ3) is 3.21. The number of aromatic amines is 1. The van der Waals surface area contributed by atoms with E-state index in [1.54, 1.807) is 13.8 Å². The number of carbonyl (C=O) groups is 1. The highest BCUT2D eigenvalue weighted by atomic mass is 35.5. The first kappa shape index (κ1) is 18.0. The summed E-state index contributed by atoms with van der Waals surface area (Å²) in [5.74, 6) is -0.289. The maximum Gasteiger partial charge on any atom is 0.314 e. The number of fused-ring (bicyclic) bond motifs is 1. The van der Waals surface area contributed by atoms with E-state index in [2.05, 4.69) is 37.0 Å². The molecular formula is C20H22ClNO2S. The molecule has 5 heteroatoms. The van der Waals surface area contributed by atoms with Crippen LogP contribution < -0.4 is 0 Å². The molecule has 132 valence electrons. The van der Waals surface area contributed by atoms with Crippen molar-refractivity contribution in [2.45, 2.75) is 39.5 Å². The summed E-state index contributed by atoms with van der Waals surface area (Å²) in [6.07, 6.45) is 0.744. The second kappa shape index (κ2) is 6.50. The Morgan fingerprint density at radius 2 is 1.84 bits per heavy atom. The zero-order valence-corrected chi connectivity index (χ0v) is 16.4. The Morgan fingerprint density at radius 3 is 2.40 bits per heavy atom. The minimum absolute atomic E-state index is 0.526. The molecule has 2 heterocycles. The second-order valence-corrected chi connectivity index (χ2v) is 8.51.